The van der Waals surface area contributed by atoms with E-state index in [1.54, 1.807) is 25.3 Å². The number of aldehydes is 1. The average molecular weight is 393 g/mol. The molecule has 152 valence electrons. The second-order valence-corrected chi connectivity index (χ2v) is 6.45. The fourth-order valence-electron chi connectivity index (χ4n) is 2.83. The van der Waals surface area contributed by atoms with Crippen molar-refractivity contribution in [2.24, 2.45) is 0 Å². The molecule has 1 heterocycles. The molecule has 4 rings (SSSR count). The van der Waals surface area contributed by atoms with Crippen molar-refractivity contribution < 1.29 is 9.53 Å². The normalized spacial score (nSPS) is 11.2. The molecular weight excluding hydrogens is 366 g/mol. The van der Waals surface area contributed by atoms with Gasteiger partial charge >= 0.3 is 0 Å². The molecule has 0 atom stereocenters. The summed E-state index contributed by atoms with van der Waals surface area (Å²) in [6.45, 7) is 0. The molecule has 0 fully saturated rings. The third kappa shape index (κ3) is 6.42. The van der Waals surface area contributed by atoms with E-state index in [9.17, 15) is 4.79 Å². The van der Waals surface area contributed by atoms with Crippen molar-refractivity contribution in [2.75, 3.05) is 30.0 Å². The zero-order chi connectivity index (χ0) is 21.2. The Morgan fingerprint density at radius 1 is 0.897 bits per heavy atom. The minimum atomic E-state index is 0.287. The number of nitrogen functional groups attached to an aromatic ring is 4. The number of rotatable bonds is 2. The number of benzene rings is 2. The molecule has 1 aromatic heterocycles. The van der Waals surface area contributed by atoms with Gasteiger partial charge in [-0.05, 0) is 60.7 Å². The van der Waals surface area contributed by atoms with E-state index in [0.717, 1.165) is 24.0 Å². The van der Waals surface area contributed by atoms with Crippen LogP contribution in [0.15, 0.2) is 54.6 Å². The highest BCUT2D eigenvalue weighted by Crippen LogP contribution is 2.22. The Kier molecular flexibility index (Phi) is 7.85. The van der Waals surface area contributed by atoms with Gasteiger partial charge in [0.1, 0.15) is 23.7 Å². The Bertz CT molecular complexity index is 960. The first-order valence-corrected chi connectivity index (χ1v) is 9.17. The first-order chi connectivity index (χ1) is 13.9. The topological polar surface area (TPSA) is 143 Å². The van der Waals surface area contributed by atoms with Gasteiger partial charge in [-0.15, -0.1) is 0 Å². The summed E-state index contributed by atoms with van der Waals surface area (Å²) in [5.41, 5.74) is 26.2. The van der Waals surface area contributed by atoms with Gasteiger partial charge in [0.25, 0.3) is 0 Å². The summed E-state index contributed by atoms with van der Waals surface area (Å²) in [7, 11) is 1.60. The van der Waals surface area contributed by atoms with Crippen LogP contribution in [0.4, 0.5) is 23.0 Å². The van der Waals surface area contributed by atoms with Gasteiger partial charge in [0.2, 0.25) is 0 Å². The zero-order valence-corrected chi connectivity index (χ0v) is 16.5. The molecule has 0 saturated carbocycles. The molecule has 2 aromatic carbocycles. The summed E-state index contributed by atoms with van der Waals surface area (Å²) >= 11 is 0. The predicted molar refractivity (Wildman–Crippen MR) is 119 cm³/mol. The maximum atomic E-state index is 10.4. The van der Waals surface area contributed by atoms with Crippen LogP contribution in [-0.4, -0.2) is 18.4 Å². The second-order valence-electron chi connectivity index (χ2n) is 6.45. The summed E-state index contributed by atoms with van der Waals surface area (Å²) in [4.78, 5) is 14.1. The van der Waals surface area contributed by atoms with Gasteiger partial charge in [-0.3, -0.25) is 4.79 Å². The fourth-order valence-corrected chi connectivity index (χ4v) is 2.83. The number of nitrogens with zero attached hydrogens (tertiary/aromatic N) is 1. The molecule has 8 N–H and O–H groups in total. The molecule has 29 heavy (non-hydrogen) atoms. The Morgan fingerprint density at radius 3 is 2.21 bits per heavy atom. The van der Waals surface area contributed by atoms with Crippen molar-refractivity contribution in [3.8, 4) is 5.75 Å². The van der Waals surface area contributed by atoms with E-state index in [-0.39, 0.29) is 5.82 Å². The number of nitrogens with two attached hydrogens (primary N) is 4. The van der Waals surface area contributed by atoms with Gasteiger partial charge in [0.15, 0.2) is 0 Å². The van der Waals surface area contributed by atoms with Crippen molar-refractivity contribution >= 4 is 29.3 Å². The Balaban J connectivity index is 0.000000157. The van der Waals surface area contributed by atoms with E-state index < -0.39 is 0 Å². The third-order valence-electron chi connectivity index (χ3n) is 4.38. The van der Waals surface area contributed by atoms with Crippen molar-refractivity contribution in [2.45, 2.75) is 19.3 Å². The number of aromatic nitrogens is 1. The molecule has 1 aliphatic carbocycles. The third-order valence-corrected chi connectivity index (χ3v) is 4.38. The molecule has 7 heteroatoms. The first-order valence-electron chi connectivity index (χ1n) is 9.17. The number of carbonyl (C=O) groups excluding carboxylic acids is 1. The summed E-state index contributed by atoms with van der Waals surface area (Å²) in [6, 6.07) is 16.6. The van der Waals surface area contributed by atoms with Crippen molar-refractivity contribution in [1.82, 2.24) is 4.98 Å². The highest BCUT2D eigenvalue weighted by molar-refractivity contribution is 5.75. The molecule has 1 aliphatic rings. The van der Waals surface area contributed by atoms with Crippen molar-refractivity contribution in [1.29, 1.82) is 0 Å². The predicted octanol–water partition coefficient (Wildman–Crippen LogP) is 3.09. The SMILES string of the molecule is COc1ccccc1N.Nc1ccc(N)c(N)n1.O=Cc1ccc2c(c1)CCC2. The van der Waals surface area contributed by atoms with E-state index in [4.69, 9.17) is 27.7 Å². The summed E-state index contributed by atoms with van der Waals surface area (Å²) in [6.07, 6.45) is 4.50. The maximum Gasteiger partial charge on any atom is 0.150 e. The standard InChI is InChI=1S/C10H10O.C7H9NO.C5H8N4/c11-7-8-4-5-9-2-1-3-10(9)6-8;1-9-7-5-3-2-4-6(7)8;6-3-1-2-4(7)9-5(3)8/h4-7H,1-3H2;2-5H,8H2,1H3;1-2H,6H2,(H4,7,8,9). The van der Waals surface area contributed by atoms with E-state index >= 15 is 0 Å². The van der Waals surface area contributed by atoms with Gasteiger partial charge in [-0.25, -0.2) is 4.98 Å². The Labute approximate surface area is 170 Å². The number of pyridine rings is 1. The lowest BCUT2D eigenvalue weighted by atomic mass is 10.1. The lowest BCUT2D eigenvalue weighted by Crippen LogP contribution is -1.99. The lowest BCUT2D eigenvalue weighted by Gasteiger charge is -2.00. The van der Waals surface area contributed by atoms with Crippen LogP contribution in [0.3, 0.4) is 0 Å². The number of anilines is 4. The van der Waals surface area contributed by atoms with Gasteiger partial charge in [-0.2, -0.15) is 0 Å². The number of hydrogen-bond donors (Lipinski definition) is 4. The fraction of sp³-hybridized carbons (Fsp3) is 0.182. The second kappa shape index (κ2) is 10.6. The van der Waals surface area contributed by atoms with E-state index in [2.05, 4.69) is 11.1 Å². The number of methoxy groups -OCH3 is 1. The first kappa shape index (κ1) is 21.6. The van der Waals surface area contributed by atoms with Crippen molar-refractivity contribution in [3.63, 3.8) is 0 Å². The quantitative estimate of drug-likeness (QED) is 0.387. The van der Waals surface area contributed by atoms with Gasteiger partial charge in [-0.1, -0.05) is 24.3 Å². The number of aryl methyl sites for hydroxylation is 2. The molecule has 3 aromatic rings. The number of fused-ring (bicyclic) bond motifs is 1. The van der Waals surface area contributed by atoms with Gasteiger partial charge in [0.05, 0.1) is 18.5 Å². The summed E-state index contributed by atoms with van der Waals surface area (Å²) < 4.78 is 4.92. The molecule has 7 nitrogen and oxygen atoms in total. The van der Waals surface area contributed by atoms with Crippen LogP contribution < -0.4 is 27.7 Å². The summed E-state index contributed by atoms with van der Waals surface area (Å²) in [5, 5.41) is 0. The van der Waals surface area contributed by atoms with Crippen LogP contribution in [0.1, 0.15) is 27.9 Å². The maximum absolute atomic E-state index is 10.4. The molecule has 0 bridgehead atoms. The molecule has 0 amide bonds. The Hall–Kier alpha value is -3.74. The van der Waals surface area contributed by atoms with E-state index in [0.29, 0.717) is 17.2 Å². The van der Waals surface area contributed by atoms with Crippen LogP contribution in [0.5, 0.6) is 5.75 Å². The average Bonchev–Trinajstić information content (AvgIpc) is 3.20. The largest absolute Gasteiger partial charge is 0.495 e. The zero-order valence-electron chi connectivity index (χ0n) is 16.5. The molecular formula is C22H27N5O2. The molecule has 0 saturated heterocycles. The smallest absolute Gasteiger partial charge is 0.150 e. The van der Waals surface area contributed by atoms with Crippen LogP contribution in [0.25, 0.3) is 0 Å². The lowest BCUT2D eigenvalue weighted by molar-refractivity contribution is 0.112. The highest BCUT2D eigenvalue weighted by atomic mass is 16.5. The Morgan fingerprint density at radius 2 is 1.62 bits per heavy atom. The molecule has 0 unspecified atom stereocenters. The van der Waals surface area contributed by atoms with Gasteiger partial charge in [0, 0.05) is 5.56 Å². The number of carbonyl (C=O) groups is 1. The van der Waals surface area contributed by atoms with Crippen LogP contribution >= 0.6 is 0 Å². The van der Waals surface area contributed by atoms with E-state index in [1.807, 2.05) is 30.3 Å². The number of para-hydroxylation sites is 2. The summed E-state index contributed by atoms with van der Waals surface area (Å²) in [5.74, 6) is 1.41. The number of hydrogen-bond acceptors (Lipinski definition) is 7. The van der Waals surface area contributed by atoms with Crippen LogP contribution in [-0.2, 0) is 12.8 Å². The van der Waals surface area contributed by atoms with Crippen molar-refractivity contribution in [3.05, 3.63) is 71.3 Å². The van der Waals surface area contributed by atoms with Crippen LogP contribution in [0, 0.1) is 0 Å². The minimum absolute atomic E-state index is 0.287. The molecule has 0 aliphatic heterocycles. The highest BCUT2D eigenvalue weighted by Gasteiger charge is 2.09. The number of ether oxygens (including phenoxy) is 1. The monoisotopic (exact) mass is 393 g/mol. The molecule has 0 spiro atoms. The molecule has 0 radical (unpaired) electrons. The minimum Gasteiger partial charge on any atom is -0.495 e. The van der Waals surface area contributed by atoms with E-state index in [1.165, 1.54) is 24.0 Å². The van der Waals surface area contributed by atoms with Gasteiger partial charge < -0.3 is 27.7 Å². The van der Waals surface area contributed by atoms with Crippen LogP contribution in [0.2, 0.25) is 0 Å².